The molecule has 1 atom stereocenters. The summed E-state index contributed by atoms with van der Waals surface area (Å²) >= 11 is 7.28. The van der Waals surface area contributed by atoms with Gasteiger partial charge in [-0.05, 0) is 30.0 Å². The van der Waals surface area contributed by atoms with E-state index in [0.29, 0.717) is 21.2 Å². The van der Waals surface area contributed by atoms with E-state index in [-0.39, 0.29) is 11.7 Å². The lowest BCUT2D eigenvalue weighted by atomic mass is 10.1. The summed E-state index contributed by atoms with van der Waals surface area (Å²) in [6.07, 6.45) is 0.718. The van der Waals surface area contributed by atoms with Crippen molar-refractivity contribution < 1.29 is 14.7 Å². The smallest absolute Gasteiger partial charge is 0.306 e. The molecular formula is C16H18ClNO3S. The molecule has 0 fully saturated rings. The number of nitrogen functional groups attached to an aromatic ring is 1. The lowest BCUT2D eigenvalue weighted by Crippen LogP contribution is -2.06. The SMILES string of the molecule is CCC(C)C(=O)O.Nc1sccc1C(=O)c1ccccc1Cl. The van der Waals surface area contributed by atoms with Crippen LogP contribution < -0.4 is 5.73 Å². The number of hydrogen-bond donors (Lipinski definition) is 2. The van der Waals surface area contributed by atoms with Crippen molar-refractivity contribution in [2.45, 2.75) is 20.3 Å². The predicted molar refractivity (Wildman–Crippen MR) is 90.7 cm³/mol. The number of carbonyl (C=O) groups excluding carboxylic acids is 1. The highest BCUT2D eigenvalue weighted by molar-refractivity contribution is 7.14. The number of nitrogens with two attached hydrogens (primary N) is 1. The molecule has 3 N–H and O–H groups in total. The third-order valence-electron chi connectivity index (χ3n) is 3.09. The van der Waals surface area contributed by atoms with E-state index in [1.54, 1.807) is 42.6 Å². The minimum atomic E-state index is -0.706. The molecule has 0 aliphatic rings. The van der Waals surface area contributed by atoms with Crippen LogP contribution in [0.25, 0.3) is 0 Å². The lowest BCUT2D eigenvalue weighted by Gasteiger charge is -2.01. The van der Waals surface area contributed by atoms with Gasteiger partial charge in [0, 0.05) is 5.56 Å². The summed E-state index contributed by atoms with van der Waals surface area (Å²) in [5.41, 5.74) is 6.69. The molecule has 1 heterocycles. The predicted octanol–water partition coefficient (Wildman–Crippen LogP) is 4.33. The Hall–Kier alpha value is -1.85. The van der Waals surface area contributed by atoms with Gasteiger partial charge in [0.15, 0.2) is 5.78 Å². The van der Waals surface area contributed by atoms with Gasteiger partial charge < -0.3 is 10.8 Å². The molecule has 0 radical (unpaired) electrons. The zero-order valence-corrected chi connectivity index (χ0v) is 13.9. The van der Waals surface area contributed by atoms with Crippen LogP contribution >= 0.6 is 22.9 Å². The molecule has 2 aromatic rings. The topological polar surface area (TPSA) is 80.4 Å². The van der Waals surface area contributed by atoms with Crippen LogP contribution in [0.4, 0.5) is 5.00 Å². The summed E-state index contributed by atoms with van der Waals surface area (Å²) in [6.45, 7) is 3.56. The Labute approximate surface area is 138 Å². The first-order valence-corrected chi connectivity index (χ1v) is 7.99. The highest BCUT2D eigenvalue weighted by Gasteiger charge is 2.15. The Morgan fingerprint density at radius 1 is 1.27 bits per heavy atom. The molecular weight excluding hydrogens is 322 g/mol. The van der Waals surface area contributed by atoms with Gasteiger partial charge >= 0.3 is 5.97 Å². The Morgan fingerprint density at radius 3 is 2.32 bits per heavy atom. The van der Waals surface area contributed by atoms with Crippen LogP contribution in [0.3, 0.4) is 0 Å². The van der Waals surface area contributed by atoms with Crippen LogP contribution in [0.5, 0.6) is 0 Å². The van der Waals surface area contributed by atoms with Crippen LogP contribution in [0.1, 0.15) is 36.2 Å². The van der Waals surface area contributed by atoms with Crippen LogP contribution in [-0.2, 0) is 4.79 Å². The summed E-state index contributed by atoms with van der Waals surface area (Å²) in [6, 6.07) is 8.67. The van der Waals surface area contributed by atoms with E-state index < -0.39 is 5.97 Å². The molecule has 2 rings (SSSR count). The Morgan fingerprint density at radius 2 is 1.91 bits per heavy atom. The second kappa shape index (κ2) is 8.56. The maximum atomic E-state index is 12.0. The van der Waals surface area contributed by atoms with Gasteiger partial charge in [-0.3, -0.25) is 9.59 Å². The van der Waals surface area contributed by atoms with Gasteiger partial charge in [0.1, 0.15) is 0 Å². The van der Waals surface area contributed by atoms with Crippen LogP contribution in [0.15, 0.2) is 35.7 Å². The number of aliphatic carboxylic acids is 1. The summed E-state index contributed by atoms with van der Waals surface area (Å²) in [5, 5.41) is 11.0. The Kier molecular flexibility index (Phi) is 7.08. The standard InChI is InChI=1S/C11H8ClNOS.C5H10O2/c12-9-4-2-1-3-7(9)10(14)8-5-6-15-11(8)13;1-3-4(2)5(6)7/h1-6H,13H2;4H,3H2,1-2H3,(H,6,7). The molecule has 1 unspecified atom stereocenters. The quantitative estimate of drug-likeness (QED) is 0.812. The fourth-order valence-corrected chi connectivity index (χ4v) is 2.33. The number of carbonyl (C=O) groups is 2. The molecule has 0 saturated heterocycles. The molecule has 0 aliphatic heterocycles. The maximum Gasteiger partial charge on any atom is 0.306 e. The molecule has 0 saturated carbocycles. The number of thiophene rings is 1. The number of halogens is 1. The third-order valence-corrected chi connectivity index (χ3v) is 4.17. The maximum absolute atomic E-state index is 12.0. The van der Waals surface area contributed by atoms with Gasteiger partial charge in [0.05, 0.1) is 21.5 Å². The van der Waals surface area contributed by atoms with E-state index in [2.05, 4.69) is 0 Å². The molecule has 4 nitrogen and oxygen atoms in total. The second-order valence-electron chi connectivity index (χ2n) is 4.66. The van der Waals surface area contributed by atoms with Crippen molar-refractivity contribution >= 4 is 39.7 Å². The fraction of sp³-hybridized carbons (Fsp3) is 0.250. The van der Waals surface area contributed by atoms with E-state index in [1.165, 1.54) is 11.3 Å². The lowest BCUT2D eigenvalue weighted by molar-refractivity contribution is -0.141. The zero-order valence-electron chi connectivity index (χ0n) is 12.4. The van der Waals surface area contributed by atoms with Gasteiger partial charge in [-0.1, -0.05) is 37.6 Å². The summed E-state index contributed by atoms with van der Waals surface area (Å²) < 4.78 is 0. The first kappa shape index (κ1) is 18.2. The molecule has 0 aliphatic carbocycles. The van der Waals surface area contributed by atoms with Gasteiger partial charge in [0.25, 0.3) is 0 Å². The Bertz CT molecular complexity index is 654. The van der Waals surface area contributed by atoms with Crippen molar-refractivity contribution in [3.63, 3.8) is 0 Å². The van der Waals surface area contributed by atoms with Crippen molar-refractivity contribution in [3.8, 4) is 0 Å². The number of benzene rings is 1. The highest BCUT2D eigenvalue weighted by atomic mass is 35.5. The van der Waals surface area contributed by atoms with Crippen LogP contribution in [0.2, 0.25) is 5.02 Å². The molecule has 1 aromatic carbocycles. The van der Waals surface area contributed by atoms with Crippen molar-refractivity contribution in [2.75, 3.05) is 5.73 Å². The molecule has 22 heavy (non-hydrogen) atoms. The number of carboxylic acids is 1. The van der Waals surface area contributed by atoms with Crippen molar-refractivity contribution in [1.29, 1.82) is 0 Å². The van der Waals surface area contributed by atoms with Gasteiger partial charge in [0.2, 0.25) is 0 Å². The average molecular weight is 340 g/mol. The van der Waals surface area contributed by atoms with Crippen molar-refractivity contribution in [1.82, 2.24) is 0 Å². The number of ketones is 1. The average Bonchev–Trinajstić information content (AvgIpc) is 2.93. The molecule has 118 valence electrons. The van der Waals surface area contributed by atoms with E-state index in [1.807, 2.05) is 6.92 Å². The van der Waals surface area contributed by atoms with Gasteiger partial charge in [-0.2, -0.15) is 0 Å². The monoisotopic (exact) mass is 339 g/mol. The van der Waals surface area contributed by atoms with Gasteiger partial charge in [-0.15, -0.1) is 11.3 Å². The number of carboxylic acid groups (broad SMARTS) is 1. The molecule has 0 amide bonds. The van der Waals surface area contributed by atoms with Gasteiger partial charge in [-0.25, -0.2) is 0 Å². The van der Waals surface area contributed by atoms with Crippen molar-refractivity contribution in [2.24, 2.45) is 5.92 Å². The highest BCUT2D eigenvalue weighted by Crippen LogP contribution is 2.25. The minimum Gasteiger partial charge on any atom is -0.481 e. The third kappa shape index (κ3) is 4.86. The first-order valence-electron chi connectivity index (χ1n) is 6.73. The molecule has 0 spiro atoms. The molecule has 0 bridgehead atoms. The molecule has 6 heteroatoms. The molecule has 1 aromatic heterocycles. The van der Waals surface area contributed by atoms with E-state index >= 15 is 0 Å². The minimum absolute atomic E-state index is 0.126. The summed E-state index contributed by atoms with van der Waals surface area (Å²) in [4.78, 5) is 21.9. The van der Waals surface area contributed by atoms with Crippen LogP contribution in [0, 0.1) is 5.92 Å². The van der Waals surface area contributed by atoms with Crippen molar-refractivity contribution in [3.05, 3.63) is 51.9 Å². The van der Waals surface area contributed by atoms with E-state index in [0.717, 1.165) is 6.42 Å². The Balaban J connectivity index is 0.000000295. The number of hydrogen-bond acceptors (Lipinski definition) is 4. The summed E-state index contributed by atoms with van der Waals surface area (Å²) in [5.74, 6) is -1.01. The second-order valence-corrected chi connectivity index (χ2v) is 6.01. The number of rotatable bonds is 4. The number of anilines is 1. The zero-order chi connectivity index (χ0) is 16.7. The van der Waals surface area contributed by atoms with E-state index in [9.17, 15) is 9.59 Å². The normalized spacial score (nSPS) is 11.2. The largest absolute Gasteiger partial charge is 0.481 e. The van der Waals surface area contributed by atoms with E-state index in [4.69, 9.17) is 22.4 Å². The summed E-state index contributed by atoms with van der Waals surface area (Å²) in [7, 11) is 0. The fourth-order valence-electron chi connectivity index (χ4n) is 1.47. The van der Waals surface area contributed by atoms with Crippen LogP contribution in [-0.4, -0.2) is 16.9 Å². The first-order chi connectivity index (χ1) is 10.4.